The highest BCUT2D eigenvalue weighted by molar-refractivity contribution is 5.51. The van der Waals surface area contributed by atoms with E-state index in [1.165, 1.54) is 37.6 Å². The highest BCUT2D eigenvalue weighted by Crippen LogP contribution is 2.32. The second-order valence-corrected chi connectivity index (χ2v) is 3.51. The van der Waals surface area contributed by atoms with Gasteiger partial charge in [-0.3, -0.25) is 10.1 Å². The zero-order valence-electron chi connectivity index (χ0n) is 9.87. The fourth-order valence-electron chi connectivity index (χ4n) is 1.46. The van der Waals surface area contributed by atoms with Crippen molar-refractivity contribution in [3.8, 4) is 17.2 Å². The van der Waals surface area contributed by atoms with Crippen LogP contribution in [0.4, 0.5) is 10.1 Å². The van der Waals surface area contributed by atoms with Crippen molar-refractivity contribution in [2.24, 2.45) is 0 Å². The fraction of sp³-hybridized carbons (Fsp3) is 0.0833. The van der Waals surface area contributed by atoms with Crippen molar-refractivity contribution in [3.63, 3.8) is 0 Å². The second-order valence-electron chi connectivity index (χ2n) is 3.51. The molecule has 2 aromatic rings. The third-order valence-corrected chi connectivity index (χ3v) is 2.28. The largest absolute Gasteiger partial charge is 0.490 e. The third-order valence-electron chi connectivity index (χ3n) is 2.28. The van der Waals surface area contributed by atoms with Crippen LogP contribution in [0.1, 0.15) is 0 Å². The van der Waals surface area contributed by atoms with Gasteiger partial charge in [0.1, 0.15) is 11.5 Å². The molecular weight excluding hydrogens is 255 g/mol. The summed E-state index contributed by atoms with van der Waals surface area (Å²) in [5, 5.41) is 10.7. The zero-order valence-corrected chi connectivity index (χ0v) is 9.87. The van der Waals surface area contributed by atoms with E-state index in [2.05, 4.69) is 4.98 Å². The van der Waals surface area contributed by atoms with Crippen molar-refractivity contribution in [2.75, 3.05) is 7.11 Å². The summed E-state index contributed by atoms with van der Waals surface area (Å²) < 4.78 is 23.1. The average molecular weight is 264 g/mol. The molecule has 0 N–H and O–H groups in total. The lowest BCUT2D eigenvalue weighted by molar-refractivity contribution is -0.385. The summed E-state index contributed by atoms with van der Waals surface area (Å²) in [5.74, 6) is -0.0696. The SMILES string of the molecule is COc1cc(Oc2ccnc(F)c2)ccc1[N+](=O)[O-]. The minimum atomic E-state index is -0.675. The number of benzene rings is 1. The van der Waals surface area contributed by atoms with Gasteiger partial charge in [-0.2, -0.15) is 4.39 Å². The Morgan fingerprint density at radius 2 is 2.00 bits per heavy atom. The number of nitro groups is 1. The van der Waals surface area contributed by atoms with Crippen LogP contribution < -0.4 is 9.47 Å². The Kier molecular flexibility index (Phi) is 3.56. The summed E-state index contributed by atoms with van der Waals surface area (Å²) in [6, 6.07) is 6.59. The number of ether oxygens (including phenoxy) is 2. The van der Waals surface area contributed by atoms with Crippen molar-refractivity contribution in [1.82, 2.24) is 4.98 Å². The Hall–Kier alpha value is -2.70. The maximum atomic E-state index is 12.9. The lowest BCUT2D eigenvalue weighted by atomic mass is 10.3. The summed E-state index contributed by atoms with van der Waals surface area (Å²) in [5.41, 5.74) is -0.171. The molecule has 1 aromatic heterocycles. The van der Waals surface area contributed by atoms with Crippen LogP contribution in [0.5, 0.6) is 17.2 Å². The van der Waals surface area contributed by atoms with Crippen LogP contribution >= 0.6 is 0 Å². The molecule has 0 amide bonds. The number of hydrogen-bond donors (Lipinski definition) is 0. The van der Waals surface area contributed by atoms with E-state index in [4.69, 9.17) is 9.47 Å². The molecule has 0 radical (unpaired) electrons. The minimum absolute atomic E-state index is 0.0667. The average Bonchev–Trinajstić information content (AvgIpc) is 2.38. The molecule has 0 unspecified atom stereocenters. The van der Waals surface area contributed by atoms with Gasteiger partial charge in [-0.1, -0.05) is 0 Å². The molecule has 7 heteroatoms. The van der Waals surface area contributed by atoms with Gasteiger partial charge in [0.15, 0.2) is 0 Å². The standard InChI is InChI=1S/C12H9FN2O4/c1-18-11-6-8(2-3-10(11)15(16)17)19-9-4-5-14-12(13)7-9/h2-7H,1H3. The van der Waals surface area contributed by atoms with Crippen LogP contribution in [0.25, 0.3) is 0 Å². The predicted molar refractivity (Wildman–Crippen MR) is 63.9 cm³/mol. The molecule has 0 saturated heterocycles. The second kappa shape index (κ2) is 5.30. The minimum Gasteiger partial charge on any atom is -0.490 e. The van der Waals surface area contributed by atoms with Gasteiger partial charge < -0.3 is 9.47 Å². The molecule has 6 nitrogen and oxygen atoms in total. The van der Waals surface area contributed by atoms with Gasteiger partial charge in [0.2, 0.25) is 11.7 Å². The quantitative estimate of drug-likeness (QED) is 0.482. The van der Waals surface area contributed by atoms with Crippen molar-refractivity contribution in [3.05, 3.63) is 52.6 Å². The van der Waals surface area contributed by atoms with Crippen molar-refractivity contribution < 1.29 is 18.8 Å². The summed E-state index contributed by atoms with van der Waals surface area (Å²) in [6.07, 6.45) is 1.26. The van der Waals surface area contributed by atoms with E-state index in [1.807, 2.05) is 0 Å². The molecule has 0 saturated carbocycles. The molecule has 19 heavy (non-hydrogen) atoms. The van der Waals surface area contributed by atoms with Crippen LogP contribution in [0, 0.1) is 16.1 Å². The molecule has 1 heterocycles. The highest BCUT2D eigenvalue weighted by Gasteiger charge is 2.15. The first-order valence-corrected chi connectivity index (χ1v) is 5.22. The monoisotopic (exact) mass is 264 g/mol. The van der Waals surface area contributed by atoms with Crippen LogP contribution in [-0.4, -0.2) is 17.0 Å². The molecule has 98 valence electrons. The molecule has 2 rings (SSSR count). The molecular formula is C12H9FN2O4. The number of nitrogens with zero attached hydrogens (tertiary/aromatic N) is 2. The van der Waals surface area contributed by atoms with E-state index in [9.17, 15) is 14.5 Å². The predicted octanol–water partition coefficient (Wildman–Crippen LogP) is 2.93. The normalized spacial score (nSPS) is 10.0. The molecule has 1 aromatic carbocycles. The molecule has 0 aliphatic rings. The topological polar surface area (TPSA) is 74.5 Å². The van der Waals surface area contributed by atoms with Gasteiger partial charge in [-0.15, -0.1) is 0 Å². The van der Waals surface area contributed by atoms with Crippen LogP contribution in [0.15, 0.2) is 36.5 Å². The number of rotatable bonds is 4. The number of methoxy groups -OCH3 is 1. The Bertz CT molecular complexity index is 618. The fourth-order valence-corrected chi connectivity index (χ4v) is 1.46. The third kappa shape index (κ3) is 2.95. The Morgan fingerprint density at radius 3 is 2.63 bits per heavy atom. The number of hydrogen-bond acceptors (Lipinski definition) is 5. The number of aromatic nitrogens is 1. The Labute approximate surface area is 107 Å². The number of halogens is 1. The molecule has 0 fully saturated rings. The molecule has 0 bridgehead atoms. The molecule has 0 atom stereocenters. The van der Waals surface area contributed by atoms with E-state index in [0.717, 1.165) is 6.07 Å². The smallest absolute Gasteiger partial charge is 0.311 e. The maximum absolute atomic E-state index is 12.9. The Balaban J connectivity index is 2.29. The summed E-state index contributed by atoms with van der Waals surface area (Å²) in [6.45, 7) is 0. The summed E-state index contributed by atoms with van der Waals surface area (Å²) in [4.78, 5) is 13.6. The first-order chi connectivity index (χ1) is 9.10. The van der Waals surface area contributed by atoms with Gasteiger partial charge in [0.05, 0.1) is 12.0 Å². The number of nitro benzene ring substituents is 1. The zero-order chi connectivity index (χ0) is 13.8. The van der Waals surface area contributed by atoms with Gasteiger partial charge in [0.25, 0.3) is 0 Å². The van der Waals surface area contributed by atoms with Crippen LogP contribution in [0.2, 0.25) is 0 Å². The first-order valence-electron chi connectivity index (χ1n) is 5.22. The van der Waals surface area contributed by atoms with Gasteiger partial charge in [-0.25, -0.2) is 4.98 Å². The van der Waals surface area contributed by atoms with Crippen molar-refractivity contribution >= 4 is 5.69 Å². The van der Waals surface area contributed by atoms with Gasteiger partial charge >= 0.3 is 5.69 Å². The first kappa shape index (κ1) is 12.7. The summed E-state index contributed by atoms with van der Waals surface area (Å²) >= 11 is 0. The molecule has 0 aliphatic carbocycles. The lowest BCUT2D eigenvalue weighted by Gasteiger charge is -2.07. The van der Waals surface area contributed by atoms with Crippen molar-refractivity contribution in [2.45, 2.75) is 0 Å². The van der Waals surface area contributed by atoms with E-state index in [0.29, 0.717) is 5.75 Å². The van der Waals surface area contributed by atoms with Gasteiger partial charge in [-0.05, 0) is 12.1 Å². The van der Waals surface area contributed by atoms with E-state index >= 15 is 0 Å². The molecule has 0 aliphatic heterocycles. The lowest BCUT2D eigenvalue weighted by Crippen LogP contribution is -1.94. The Morgan fingerprint density at radius 1 is 1.26 bits per heavy atom. The van der Waals surface area contributed by atoms with Crippen molar-refractivity contribution in [1.29, 1.82) is 0 Å². The van der Waals surface area contributed by atoms with Gasteiger partial charge in [0, 0.05) is 24.4 Å². The van der Waals surface area contributed by atoms with E-state index in [-0.39, 0.29) is 17.2 Å². The maximum Gasteiger partial charge on any atom is 0.311 e. The number of pyridine rings is 1. The van der Waals surface area contributed by atoms with E-state index < -0.39 is 10.9 Å². The summed E-state index contributed by atoms with van der Waals surface area (Å²) in [7, 11) is 1.32. The van der Waals surface area contributed by atoms with E-state index in [1.54, 1.807) is 0 Å². The highest BCUT2D eigenvalue weighted by atomic mass is 19.1. The molecule has 0 spiro atoms. The van der Waals surface area contributed by atoms with Crippen LogP contribution in [-0.2, 0) is 0 Å². The van der Waals surface area contributed by atoms with Crippen LogP contribution in [0.3, 0.4) is 0 Å².